The Morgan fingerprint density at radius 2 is 1.71 bits per heavy atom. The van der Waals surface area contributed by atoms with Crippen molar-refractivity contribution in [3.63, 3.8) is 0 Å². The minimum absolute atomic E-state index is 0.0839. The zero-order valence-electron chi connectivity index (χ0n) is 18.5. The number of nitrogens with zero attached hydrogens (tertiary/aromatic N) is 3. The second-order valence-electron chi connectivity index (χ2n) is 8.46. The van der Waals surface area contributed by atoms with Gasteiger partial charge >= 0.3 is 0 Å². The number of carbonyl (C=O) groups excluding carboxylic acids is 1. The van der Waals surface area contributed by atoms with E-state index in [0.717, 1.165) is 37.3 Å². The molecule has 1 unspecified atom stereocenters. The molecule has 5 nitrogen and oxygen atoms in total. The number of hydrogen-bond acceptors (Lipinski definition) is 3. The predicted molar refractivity (Wildman–Crippen MR) is 137 cm³/mol. The fourth-order valence-corrected chi connectivity index (χ4v) is 4.66. The summed E-state index contributed by atoms with van der Waals surface area (Å²) >= 11 is 12.6. The smallest absolute Gasteiger partial charge is 0.271 e. The van der Waals surface area contributed by atoms with Gasteiger partial charge in [-0.05, 0) is 48.4 Å². The van der Waals surface area contributed by atoms with Crippen molar-refractivity contribution in [2.24, 2.45) is 0 Å². The molecule has 1 atom stereocenters. The Bertz CT molecular complexity index is 1290. The molecule has 3 aromatic carbocycles. The maximum atomic E-state index is 13.2. The molecule has 1 aromatic heterocycles. The average molecular weight is 491 g/mol. The van der Waals surface area contributed by atoms with Crippen LogP contribution in [0.2, 0.25) is 10.0 Å². The van der Waals surface area contributed by atoms with Gasteiger partial charge in [0.05, 0.1) is 5.02 Å². The van der Waals surface area contributed by atoms with Gasteiger partial charge in [-0.2, -0.15) is 0 Å². The number of benzene rings is 3. The molecule has 0 spiro atoms. The first-order chi connectivity index (χ1) is 16.6. The van der Waals surface area contributed by atoms with E-state index in [9.17, 15) is 4.79 Å². The van der Waals surface area contributed by atoms with Crippen LogP contribution >= 0.6 is 23.2 Å². The summed E-state index contributed by atoms with van der Waals surface area (Å²) in [5.74, 6) is 0.419. The third-order valence-corrected chi connectivity index (χ3v) is 6.60. The fraction of sp³-hybridized carbons (Fsp3) is 0.185. The maximum absolute atomic E-state index is 13.2. The number of carbonyl (C=O) groups is 1. The highest BCUT2D eigenvalue weighted by molar-refractivity contribution is 6.33. The number of rotatable bonds is 6. The van der Waals surface area contributed by atoms with Gasteiger partial charge in [-0.15, -0.1) is 0 Å². The van der Waals surface area contributed by atoms with Crippen molar-refractivity contribution in [3.05, 3.63) is 106 Å². The van der Waals surface area contributed by atoms with Crippen LogP contribution in [0.1, 0.15) is 22.5 Å². The van der Waals surface area contributed by atoms with Crippen molar-refractivity contribution in [3.8, 4) is 17.1 Å². The van der Waals surface area contributed by atoms with Crippen molar-refractivity contribution >= 4 is 29.1 Å². The lowest BCUT2D eigenvalue weighted by molar-refractivity contribution is 0.0933. The summed E-state index contributed by atoms with van der Waals surface area (Å²) in [4.78, 5) is 20.2. The molecule has 0 bridgehead atoms. The highest BCUT2D eigenvalue weighted by Crippen LogP contribution is 2.29. The van der Waals surface area contributed by atoms with Gasteiger partial charge in [-0.25, -0.2) is 4.98 Å². The quantitative estimate of drug-likeness (QED) is 0.368. The van der Waals surface area contributed by atoms with Gasteiger partial charge in [0.1, 0.15) is 11.5 Å². The molecule has 1 amide bonds. The van der Waals surface area contributed by atoms with Crippen molar-refractivity contribution in [2.45, 2.75) is 19.0 Å². The summed E-state index contributed by atoms with van der Waals surface area (Å²) in [7, 11) is 0. The first kappa shape index (κ1) is 22.7. The average Bonchev–Trinajstić information content (AvgIpc) is 3.48. The summed E-state index contributed by atoms with van der Waals surface area (Å²) in [5.41, 5.74) is 3.24. The molecule has 1 fully saturated rings. The normalized spacial score (nSPS) is 16.0. The number of imidazole rings is 1. The van der Waals surface area contributed by atoms with Crippen LogP contribution in [-0.2, 0) is 6.54 Å². The Hall–Kier alpha value is -3.12. The zero-order valence-corrected chi connectivity index (χ0v) is 20.0. The standard InChI is InChI=1S/C27H24Cl2N4O/c28-20-10-12-22(13-11-20)33-18-25(31-26(33)23-8-4-5-9-24(23)29)27(34)30-21-14-15-32(17-21)16-19-6-2-1-3-7-19/h1-13,18,21H,14-17H2,(H,30,34). The van der Waals surface area contributed by atoms with Crippen LogP contribution in [0.4, 0.5) is 0 Å². The minimum Gasteiger partial charge on any atom is -0.347 e. The number of aromatic nitrogens is 2. The van der Waals surface area contributed by atoms with Crippen molar-refractivity contribution in [2.75, 3.05) is 13.1 Å². The van der Waals surface area contributed by atoms with Gasteiger partial charge in [0.25, 0.3) is 5.91 Å². The summed E-state index contributed by atoms with van der Waals surface area (Å²) in [5, 5.41) is 4.38. The lowest BCUT2D eigenvalue weighted by Crippen LogP contribution is -2.37. The van der Waals surface area contributed by atoms with E-state index < -0.39 is 0 Å². The minimum atomic E-state index is -0.187. The Morgan fingerprint density at radius 1 is 0.971 bits per heavy atom. The Labute approximate surface area is 209 Å². The third kappa shape index (κ3) is 5.02. The van der Waals surface area contributed by atoms with Crippen LogP contribution in [0.3, 0.4) is 0 Å². The first-order valence-corrected chi connectivity index (χ1v) is 12.0. The largest absolute Gasteiger partial charge is 0.347 e. The zero-order chi connectivity index (χ0) is 23.5. The molecule has 4 aromatic rings. The van der Waals surface area contributed by atoms with Crippen LogP contribution in [0.25, 0.3) is 17.1 Å². The van der Waals surface area contributed by atoms with Crippen LogP contribution in [0.15, 0.2) is 85.1 Å². The van der Waals surface area contributed by atoms with E-state index in [2.05, 4.69) is 39.5 Å². The van der Waals surface area contributed by atoms with E-state index in [1.807, 2.05) is 59.2 Å². The topological polar surface area (TPSA) is 50.2 Å². The molecule has 1 N–H and O–H groups in total. The summed E-state index contributed by atoms with van der Waals surface area (Å²) in [6, 6.07) is 25.4. The number of likely N-dealkylation sites (tertiary alicyclic amines) is 1. The molecule has 1 saturated heterocycles. The molecule has 0 saturated carbocycles. The van der Waals surface area contributed by atoms with Crippen LogP contribution in [0, 0.1) is 0 Å². The molecule has 172 valence electrons. The molecule has 5 rings (SSSR count). The SMILES string of the molecule is O=C(NC1CCN(Cc2ccccc2)C1)c1cn(-c2ccc(Cl)cc2)c(-c2ccccc2Cl)n1. The second kappa shape index (κ2) is 10.0. The van der Waals surface area contributed by atoms with Gasteiger partial charge < -0.3 is 5.32 Å². The van der Waals surface area contributed by atoms with E-state index in [1.54, 1.807) is 6.20 Å². The second-order valence-corrected chi connectivity index (χ2v) is 9.30. The molecule has 0 radical (unpaired) electrons. The first-order valence-electron chi connectivity index (χ1n) is 11.2. The highest BCUT2D eigenvalue weighted by Gasteiger charge is 2.26. The van der Waals surface area contributed by atoms with E-state index in [0.29, 0.717) is 21.6 Å². The van der Waals surface area contributed by atoms with E-state index in [1.165, 1.54) is 5.56 Å². The van der Waals surface area contributed by atoms with Gasteiger partial charge in [0.2, 0.25) is 0 Å². The summed E-state index contributed by atoms with van der Waals surface area (Å²) in [6.07, 6.45) is 2.67. The van der Waals surface area contributed by atoms with Gasteiger partial charge in [-0.3, -0.25) is 14.3 Å². The maximum Gasteiger partial charge on any atom is 0.271 e. The van der Waals surface area contributed by atoms with Crippen LogP contribution in [-0.4, -0.2) is 39.5 Å². The van der Waals surface area contributed by atoms with E-state index >= 15 is 0 Å². The summed E-state index contributed by atoms with van der Waals surface area (Å²) < 4.78 is 1.88. The summed E-state index contributed by atoms with van der Waals surface area (Å²) in [6.45, 7) is 2.65. The Kier molecular flexibility index (Phi) is 6.68. The molecule has 7 heteroatoms. The van der Waals surface area contributed by atoms with Crippen molar-refractivity contribution < 1.29 is 4.79 Å². The molecular weight excluding hydrogens is 467 g/mol. The number of amides is 1. The Balaban J connectivity index is 1.36. The van der Waals surface area contributed by atoms with E-state index in [-0.39, 0.29) is 11.9 Å². The van der Waals surface area contributed by atoms with Gasteiger partial charge in [-0.1, -0.05) is 65.7 Å². The van der Waals surface area contributed by atoms with Gasteiger partial charge in [0.15, 0.2) is 0 Å². The van der Waals surface area contributed by atoms with Gasteiger partial charge in [0, 0.05) is 48.1 Å². The molecular formula is C27H24Cl2N4O. The molecule has 1 aliphatic heterocycles. The van der Waals surface area contributed by atoms with Crippen LogP contribution in [0.5, 0.6) is 0 Å². The number of halogens is 2. The number of nitrogens with one attached hydrogen (secondary N) is 1. The predicted octanol–water partition coefficient (Wildman–Crippen LogP) is 5.85. The van der Waals surface area contributed by atoms with E-state index in [4.69, 9.17) is 23.2 Å². The fourth-order valence-electron chi connectivity index (χ4n) is 4.32. The lowest BCUT2D eigenvalue weighted by atomic mass is 10.2. The highest BCUT2D eigenvalue weighted by atomic mass is 35.5. The molecule has 1 aliphatic rings. The lowest BCUT2D eigenvalue weighted by Gasteiger charge is -2.16. The van der Waals surface area contributed by atoms with Crippen LogP contribution < -0.4 is 5.32 Å². The van der Waals surface area contributed by atoms with Crippen molar-refractivity contribution in [1.82, 2.24) is 19.8 Å². The molecule has 0 aliphatic carbocycles. The molecule has 34 heavy (non-hydrogen) atoms. The molecule has 2 heterocycles. The number of hydrogen-bond donors (Lipinski definition) is 1. The third-order valence-electron chi connectivity index (χ3n) is 6.01. The Morgan fingerprint density at radius 3 is 2.47 bits per heavy atom. The monoisotopic (exact) mass is 490 g/mol. The van der Waals surface area contributed by atoms with Crippen molar-refractivity contribution in [1.29, 1.82) is 0 Å².